The molecular formula is C15H16BrIO3. The van der Waals surface area contributed by atoms with Gasteiger partial charge in [0.2, 0.25) is 0 Å². The fourth-order valence-corrected chi connectivity index (χ4v) is 3.95. The quantitative estimate of drug-likeness (QED) is 0.507. The highest BCUT2D eigenvalue weighted by Crippen LogP contribution is 2.37. The van der Waals surface area contributed by atoms with Crippen LogP contribution in [0.5, 0.6) is 0 Å². The Hall–Kier alpha value is 0.0200. The van der Waals surface area contributed by atoms with E-state index in [9.17, 15) is 4.79 Å². The molecule has 0 amide bonds. The highest BCUT2D eigenvalue weighted by Gasteiger charge is 2.43. The third-order valence-electron chi connectivity index (χ3n) is 4.12. The van der Waals surface area contributed by atoms with Gasteiger partial charge in [-0.1, -0.05) is 15.9 Å². The third-order valence-corrected chi connectivity index (χ3v) is 5.49. The molecule has 20 heavy (non-hydrogen) atoms. The van der Waals surface area contributed by atoms with Crippen LogP contribution >= 0.6 is 38.5 Å². The average molecular weight is 451 g/mol. The van der Waals surface area contributed by atoms with Gasteiger partial charge in [-0.3, -0.25) is 4.79 Å². The van der Waals surface area contributed by atoms with Crippen LogP contribution in [0.3, 0.4) is 0 Å². The second kappa shape index (κ2) is 6.02. The molecule has 0 saturated carbocycles. The minimum Gasteiger partial charge on any atom is -0.378 e. The molecule has 1 aromatic rings. The summed E-state index contributed by atoms with van der Waals surface area (Å²) in [6.45, 7) is 2.03. The van der Waals surface area contributed by atoms with Crippen molar-refractivity contribution in [3.8, 4) is 0 Å². The molecule has 2 aliphatic heterocycles. The lowest BCUT2D eigenvalue weighted by atomic mass is 9.81. The van der Waals surface area contributed by atoms with Gasteiger partial charge in [0.1, 0.15) is 0 Å². The van der Waals surface area contributed by atoms with Crippen molar-refractivity contribution in [1.82, 2.24) is 0 Å². The maximum Gasteiger partial charge on any atom is 0.167 e. The Morgan fingerprint density at radius 2 is 2.25 bits per heavy atom. The summed E-state index contributed by atoms with van der Waals surface area (Å²) >= 11 is 5.73. The molecule has 0 aliphatic carbocycles. The molecular weight excluding hydrogens is 435 g/mol. The lowest BCUT2D eigenvalue weighted by Gasteiger charge is -2.36. The summed E-state index contributed by atoms with van der Waals surface area (Å²) in [5.74, 6) is 0.268. The average Bonchev–Trinajstić information content (AvgIpc) is 2.88. The van der Waals surface area contributed by atoms with E-state index in [1.54, 1.807) is 0 Å². The van der Waals surface area contributed by atoms with Crippen LogP contribution < -0.4 is 0 Å². The topological polar surface area (TPSA) is 35.5 Å². The molecule has 0 bridgehead atoms. The Balaban J connectivity index is 1.81. The molecule has 0 N–H and O–H groups in total. The number of carbonyl (C=O) groups excluding carboxylic acids is 1. The van der Waals surface area contributed by atoms with Crippen LogP contribution in [0.15, 0.2) is 22.7 Å². The van der Waals surface area contributed by atoms with Crippen LogP contribution in [0.2, 0.25) is 0 Å². The summed E-state index contributed by atoms with van der Waals surface area (Å²) in [4.78, 5) is 12.8. The standard InChI is InChI=1S/C15H16BrIO3/c16-13-2-1-11(17)7-12(13)14(18)10-3-5-20-15(8-10)4-6-19-9-15/h1-2,7,10H,3-6,8-9H2. The lowest BCUT2D eigenvalue weighted by Crippen LogP contribution is -2.42. The van der Waals surface area contributed by atoms with Gasteiger partial charge < -0.3 is 9.47 Å². The molecule has 108 valence electrons. The van der Waals surface area contributed by atoms with Crippen LogP contribution in [0.4, 0.5) is 0 Å². The maximum atomic E-state index is 12.8. The number of hydrogen-bond donors (Lipinski definition) is 0. The number of benzene rings is 1. The van der Waals surface area contributed by atoms with E-state index < -0.39 is 0 Å². The fourth-order valence-electron chi connectivity index (χ4n) is 3.02. The zero-order valence-electron chi connectivity index (χ0n) is 11.0. The van der Waals surface area contributed by atoms with Gasteiger partial charge in [-0.2, -0.15) is 0 Å². The number of hydrogen-bond acceptors (Lipinski definition) is 3. The molecule has 2 aliphatic rings. The summed E-state index contributed by atoms with van der Waals surface area (Å²) < 4.78 is 13.3. The SMILES string of the molecule is O=C(c1cc(I)ccc1Br)C1CCOC2(CCOC2)C1. The van der Waals surface area contributed by atoms with Crippen molar-refractivity contribution in [3.63, 3.8) is 0 Å². The van der Waals surface area contributed by atoms with Gasteiger partial charge in [0.25, 0.3) is 0 Å². The van der Waals surface area contributed by atoms with E-state index >= 15 is 0 Å². The molecule has 0 radical (unpaired) electrons. The Morgan fingerprint density at radius 1 is 1.40 bits per heavy atom. The molecule has 3 nitrogen and oxygen atoms in total. The number of rotatable bonds is 2. The Morgan fingerprint density at radius 3 is 3.00 bits per heavy atom. The first-order chi connectivity index (χ1) is 9.60. The molecule has 1 aromatic carbocycles. The van der Waals surface area contributed by atoms with Crippen LogP contribution in [0.25, 0.3) is 0 Å². The highest BCUT2D eigenvalue weighted by molar-refractivity contribution is 14.1. The second-order valence-corrected chi connectivity index (χ2v) is 7.61. The molecule has 5 heteroatoms. The molecule has 1 spiro atoms. The Kier molecular flexibility index (Phi) is 4.50. The van der Waals surface area contributed by atoms with E-state index in [1.807, 2.05) is 18.2 Å². The number of halogens is 2. The van der Waals surface area contributed by atoms with Crippen molar-refractivity contribution in [1.29, 1.82) is 0 Å². The summed E-state index contributed by atoms with van der Waals surface area (Å²) in [5, 5.41) is 0. The van der Waals surface area contributed by atoms with Gasteiger partial charge in [0.15, 0.2) is 5.78 Å². The highest BCUT2D eigenvalue weighted by atomic mass is 127. The van der Waals surface area contributed by atoms with Gasteiger partial charge in [-0.05, 0) is 53.6 Å². The Labute approximate surface area is 140 Å². The van der Waals surface area contributed by atoms with Crippen molar-refractivity contribution in [3.05, 3.63) is 31.8 Å². The Bertz CT molecular complexity index is 526. The predicted molar refractivity (Wildman–Crippen MR) is 88.0 cm³/mol. The number of ketones is 1. The lowest BCUT2D eigenvalue weighted by molar-refractivity contribution is -0.0920. The van der Waals surface area contributed by atoms with Crippen LogP contribution in [-0.4, -0.2) is 31.2 Å². The fraction of sp³-hybridized carbons (Fsp3) is 0.533. The number of Topliss-reactive ketones (excluding diaryl/α,β-unsaturated/α-hetero) is 1. The van der Waals surface area contributed by atoms with Crippen molar-refractivity contribution in [2.45, 2.75) is 24.9 Å². The van der Waals surface area contributed by atoms with E-state index in [4.69, 9.17) is 9.47 Å². The summed E-state index contributed by atoms with van der Waals surface area (Å²) in [6.07, 6.45) is 2.49. The van der Waals surface area contributed by atoms with Gasteiger partial charge >= 0.3 is 0 Å². The van der Waals surface area contributed by atoms with Gasteiger partial charge in [0, 0.05) is 39.2 Å². The summed E-state index contributed by atoms with van der Waals surface area (Å²) in [7, 11) is 0. The maximum absolute atomic E-state index is 12.8. The van der Waals surface area contributed by atoms with E-state index in [2.05, 4.69) is 38.5 Å². The zero-order valence-corrected chi connectivity index (χ0v) is 14.8. The van der Waals surface area contributed by atoms with Gasteiger partial charge in [0.05, 0.1) is 12.2 Å². The predicted octanol–water partition coefficient (Wildman–Crippen LogP) is 3.82. The van der Waals surface area contributed by atoms with Crippen LogP contribution in [-0.2, 0) is 9.47 Å². The monoisotopic (exact) mass is 450 g/mol. The largest absolute Gasteiger partial charge is 0.378 e. The molecule has 3 rings (SSSR count). The van der Waals surface area contributed by atoms with E-state index in [0.717, 1.165) is 39.5 Å². The number of ether oxygens (including phenoxy) is 2. The summed E-state index contributed by atoms with van der Waals surface area (Å²) in [5.41, 5.74) is 0.574. The molecule has 2 unspecified atom stereocenters. The van der Waals surface area contributed by atoms with Crippen LogP contribution in [0.1, 0.15) is 29.6 Å². The molecule has 2 heterocycles. The first-order valence-corrected chi connectivity index (χ1v) is 8.68. The molecule has 2 saturated heterocycles. The van der Waals surface area contributed by atoms with Crippen molar-refractivity contribution in [2.24, 2.45) is 5.92 Å². The molecule has 2 fully saturated rings. The van der Waals surface area contributed by atoms with Crippen LogP contribution in [0, 0.1) is 9.49 Å². The first-order valence-electron chi connectivity index (χ1n) is 6.81. The summed E-state index contributed by atoms with van der Waals surface area (Å²) in [6, 6.07) is 5.90. The minimum absolute atomic E-state index is 0.0416. The third kappa shape index (κ3) is 2.96. The van der Waals surface area contributed by atoms with Gasteiger partial charge in [-0.15, -0.1) is 0 Å². The second-order valence-electron chi connectivity index (χ2n) is 5.51. The van der Waals surface area contributed by atoms with Gasteiger partial charge in [-0.25, -0.2) is 0 Å². The normalized spacial score (nSPS) is 29.8. The smallest absolute Gasteiger partial charge is 0.167 e. The van der Waals surface area contributed by atoms with Crippen molar-refractivity contribution >= 4 is 44.3 Å². The molecule has 2 atom stereocenters. The zero-order chi connectivity index (χ0) is 14.2. The van der Waals surface area contributed by atoms with E-state index in [-0.39, 0.29) is 17.3 Å². The minimum atomic E-state index is -0.215. The van der Waals surface area contributed by atoms with E-state index in [0.29, 0.717) is 13.2 Å². The van der Waals surface area contributed by atoms with Crippen molar-refractivity contribution < 1.29 is 14.3 Å². The van der Waals surface area contributed by atoms with E-state index in [1.165, 1.54) is 0 Å². The number of carbonyl (C=O) groups is 1. The first kappa shape index (κ1) is 14.9. The van der Waals surface area contributed by atoms with Crippen molar-refractivity contribution in [2.75, 3.05) is 19.8 Å². The molecule has 0 aromatic heterocycles.